The number of para-hydroxylation sites is 1. The average molecular weight is 441 g/mol. The minimum atomic E-state index is -1.10. The molecule has 32 heavy (non-hydrogen) atoms. The number of halogens is 1. The van der Waals surface area contributed by atoms with Gasteiger partial charge in [0, 0.05) is 6.61 Å². The molecule has 1 aromatic heterocycles. The molecule has 3 atom stereocenters. The molecule has 1 N–H and O–H groups in total. The number of aromatic nitrogens is 2. The van der Waals surface area contributed by atoms with Gasteiger partial charge in [-0.25, -0.2) is 4.39 Å². The second kappa shape index (κ2) is 6.82. The summed E-state index contributed by atoms with van der Waals surface area (Å²) in [4.78, 5) is 25.9. The van der Waals surface area contributed by atoms with Gasteiger partial charge in [0.1, 0.15) is 28.9 Å². The Hall–Kier alpha value is -2.85. The number of carbonyl (C=O) groups excluding carboxylic acids is 1. The molecule has 1 amide bonds. The van der Waals surface area contributed by atoms with Gasteiger partial charge in [0.15, 0.2) is 6.04 Å². The van der Waals surface area contributed by atoms with Crippen LogP contribution in [0, 0.1) is 5.82 Å². The third kappa shape index (κ3) is 2.69. The summed E-state index contributed by atoms with van der Waals surface area (Å²) < 4.78 is 26.4. The van der Waals surface area contributed by atoms with Gasteiger partial charge in [-0.15, -0.1) is 0 Å². The molecule has 10 heteroatoms. The van der Waals surface area contributed by atoms with Crippen LogP contribution in [0.1, 0.15) is 63.2 Å². The van der Waals surface area contributed by atoms with Crippen molar-refractivity contribution in [3.8, 4) is 0 Å². The maximum Gasteiger partial charge on any atom is 0.255 e. The third-order valence-electron chi connectivity index (χ3n) is 7.10. The van der Waals surface area contributed by atoms with E-state index in [2.05, 4.69) is 15.1 Å². The lowest BCUT2D eigenvalue weighted by atomic mass is 9.97. The van der Waals surface area contributed by atoms with Gasteiger partial charge >= 0.3 is 0 Å². The zero-order chi connectivity index (χ0) is 22.1. The normalized spacial score (nSPS) is 30.8. The van der Waals surface area contributed by atoms with Crippen molar-refractivity contribution in [1.82, 2.24) is 10.1 Å². The van der Waals surface area contributed by atoms with E-state index in [1.165, 1.54) is 17.3 Å². The molecule has 1 aliphatic carbocycles. The summed E-state index contributed by atoms with van der Waals surface area (Å²) in [7, 11) is 0. The molecule has 2 fully saturated rings. The zero-order valence-corrected chi connectivity index (χ0v) is 17.7. The van der Waals surface area contributed by atoms with E-state index in [1.807, 2.05) is 6.92 Å². The van der Waals surface area contributed by atoms with Crippen LogP contribution < -0.4 is 9.80 Å². The summed E-state index contributed by atoms with van der Waals surface area (Å²) in [6.07, 6.45) is 5.84. The van der Waals surface area contributed by atoms with Crippen molar-refractivity contribution in [2.24, 2.45) is 4.99 Å². The lowest BCUT2D eigenvalue weighted by molar-refractivity contribution is -0.125. The highest BCUT2D eigenvalue weighted by molar-refractivity contribution is 6.12. The van der Waals surface area contributed by atoms with Crippen molar-refractivity contribution < 1.29 is 23.6 Å². The quantitative estimate of drug-likeness (QED) is 0.781. The van der Waals surface area contributed by atoms with E-state index in [9.17, 15) is 9.90 Å². The standard InChI is InChI=1S/C22H24FN5O4/c1-21(8-5-11-31-21)28-16-13(23)6-4-7-14(16)27-12-24-15(17(27)19(28)29)18-25-20(26-32-18)22(30)9-2-3-10-22/h4,6-7,12,15,17,30H,2-3,5,8-11H2,1H3. The van der Waals surface area contributed by atoms with Crippen LogP contribution in [0.4, 0.5) is 15.8 Å². The fourth-order valence-electron chi connectivity index (χ4n) is 5.43. The minimum absolute atomic E-state index is 0.162. The average Bonchev–Trinajstić information content (AvgIpc) is 3.55. The molecule has 6 rings (SSSR count). The van der Waals surface area contributed by atoms with Gasteiger partial charge in [0.2, 0.25) is 5.82 Å². The van der Waals surface area contributed by atoms with Crippen molar-refractivity contribution in [1.29, 1.82) is 0 Å². The van der Waals surface area contributed by atoms with Crippen LogP contribution in [0.25, 0.3) is 0 Å². The van der Waals surface area contributed by atoms with Gasteiger partial charge in [-0.3, -0.25) is 14.7 Å². The van der Waals surface area contributed by atoms with E-state index in [-0.39, 0.29) is 23.3 Å². The van der Waals surface area contributed by atoms with E-state index in [0.29, 0.717) is 31.6 Å². The molecule has 4 aliphatic rings. The number of fused-ring (bicyclic) bond motifs is 3. The van der Waals surface area contributed by atoms with Gasteiger partial charge in [-0.2, -0.15) is 4.98 Å². The Morgan fingerprint density at radius 1 is 1.22 bits per heavy atom. The van der Waals surface area contributed by atoms with Gasteiger partial charge in [0.25, 0.3) is 11.8 Å². The van der Waals surface area contributed by atoms with Crippen molar-refractivity contribution in [2.45, 2.75) is 68.9 Å². The summed E-state index contributed by atoms with van der Waals surface area (Å²) in [5.41, 5.74) is -1.33. The molecule has 3 unspecified atom stereocenters. The van der Waals surface area contributed by atoms with Crippen molar-refractivity contribution in [3.05, 3.63) is 35.7 Å². The number of hydrogen-bond acceptors (Lipinski definition) is 8. The number of amides is 1. The number of rotatable bonds is 3. The minimum Gasteiger partial charge on any atom is -0.382 e. The first kappa shape index (κ1) is 19.8. The highest BCUT2D eigenvalue weighted by atomic mass is 19.1. The number of ether oxygens (including phenoxy) is 1. The molecule has 4 heterocycles. The van der Waals surface area contributed by atoms with Gasteiger partial charge in [-0.1, -0.05) is 11.2 Å². The maximum absolute atomic E-state index is 15.0. The molecule has 168 valence electrons. The Morgan fingerprint density at radius 3 is 2.78 bits per heavy atom. The van der Waals surface area contributed by atoms with Crippen molar-refractivity contribution in [2.75, 3.05) is 16.4 Å². The lowest BCUT2D eigenvalue weighted by Crippen LogP contribution is -2.60. The first-order chi connectivity index (χ1) is 15.4. The van der Waals surface area contributed by atoms with Gasteiger partial charge < -0.3 is 19.3 Å². The summed E-state index contributed by atoms with van der Waals surface area (Å²) in [5.74, 6) is -0.439. The molecule has 0 spiro atoms. The number of benzene rings is 1. The van der Waals surface area contributed by atoms with E-state index in [0.717, 1.165) is 19.3 Å². The van der Waals surface area contributed by atoms with Crippen molar-refractivity contribution >= 4 is 23.6 Å². The first-order valence-electron chi connectivity index (χ1n) is 11.1. The van der Waals surface area contributed by atoms with Crippen LogP contribution in [-0.4, -0.2) is 45.9 Å². The molecule has 9 nitrogen and oxygen atoms in total. The van der Waals surface area contributed by atoms with Crippen LogP contribution in [0.3, 0.4) is 0 Å². The Morgan fingerprint density at radius 2 is 2.03 bits per heavy atom. The molecule has 1 saturated carbocycles. The fourth-order valence-corrected chi connectivity index (χ4v) is 5.43. The molecule has 1 aromatic carbocycles. The first-order valence-corrected chi connectivity index (χ1v) is 11.1. The molecule has 0 bridgehead atoms. The predicted molar refractivity (Wildman–Crippen MR) is 112 cm³/mol. The Kier molecular flexibility index (Phi) is 4.22. The second-order valence-electron chi connectivity index (χ2n) is 9.16. The molecular formula is C22H24FN5O4. The summed E-state index contributed by atoms with van der Waals surface area (Å²) in [6.45, 7) is 2.32. The molecular weight excluding hydrogens is 417 g/mol. The summed E-state index contributed by atoms with van der Waals surface area (Å²) >= 11 is 0. The highest BCUT2D eigenvalue weighted by Crippen LogP contribution is 2.48. The number of aliphatic hydroxyl groups is 1. The molecule has 0 radical (unpaired) electrons. The predicted octanol–water partition coefficient (Wildman–Crippen LogP) is 2.80. The van der Waals surface area contributed by atoms with E-state index < -0.39 is 29.2 Å². The van der Waals surface area contributed by atoms with E-state index in [1.54, 1.807) is 17.0 Å². The van der Waals surface area contributed by atoms with Crippen LogP contribution in [0.2, 0.25) is 0 Å². The topological polar surface area (TPSA) is 104 Å². The van der Waals surface area contributed by atoms with E-state index in [4.69, 9.17) is 9.26 Å². The number of hydrogen-bond donors (Lipinski definition) is 1. The maximum atomic E-state index is 15.0. The Bertz CT molecular complexity index is 1110. The fraction of sp³-hybridized carbons (Fsp3) is 0.545. The van der Waals surface area contributed by atoms with Crippen LogP contribution in [-0.2, 0) is 15.1 Å². The number of aliphatic imine (C=N–C) groups is 1. The second-order valence-corrected chi connectivity index (χ2v) is 9.16. The van der Waals surface area contributed by atoms with Gasteiger partial charge in [0.05, 0.1) is 12.0 Å². The zero-order valence-electron chi connectivity index (χ0n) is 17.7. The number of carbonyl (C=O) groups is 1. The third-order valence-corrected chi connectivity index (χ3v) is 7.10. The highest BCUT2D eigenvalue weighted by Gasteiger charge is 2.54. The summed E-state index contributed by atoms with van der Waals surface area (Å²) in [6, 6.07) is 3.14. The lowest BCUT2D eigenvalue weighted by Gasteiger charge is -2.45. The van der Waals surface area contributed by atoms with Crippen molar-refractivity contribution in [3.63, 3.8) is 0 Å². The Balaban J connectivity index is 1.42. The SMILES string of the molecule is CC1(N2C(=O)C3C(c4nc(C5(O)CCCC5)no4)N=CN3c3cccc(F)c32)CCCO1. The molecule has 1 saturated heterocycles. The molecule has 2 aromatic rings. The molecule has 3 aliphatic heterocycles. The Labute approximate surface area is 183 Å². The van der Waals surface area contributed by atoms with Crippen LogP contribution in [0.15, 0.2) is 27.7 Å². The van der Waals surface area contributed by atoms with Gasteiger partial charge in [-0.05, 0) is 57.6 Å². The largest absolute Gasteiger partial charge is 0.382 e. The smallest absolute Gasteiger partial charge is 0.255 e. The summed E-state index contributed by atoms with van der Waals surface area (Å²) in [5, 5.41) is 14.8. The van der Waals surface area contributed by atoms with E-state index >= 15 is 4.39 Å². The monoisotopic (exact) mass is 441 g/mol. The van der Waals surface area contributed by atoms with Crippen LogP contribution in [0.5, 0.6) is 0 Å². The van der Waals surface area contributed by atoms with Crippen LogP contribution >= 0.6 is 0 Å². The number of anilines is 2. The number of nitrogens with zero attached hydrogens (tertiary/aromatic N) is 5.